The van der Waals surface area contributed by atoms with Crippen LogP contribution in [0.1, 0.15) is 36.7 Å². The molecule has 3 saturated heterocycles. The van der Waals surface area contributed by atoms with Crippen LogP contribution in [0.5, 0.6) is 0 Å². The van der Waals surface area contributed by atoms with Crippen molar-refractivity contribution in [1.82, 2.24) is 20.2 Å². The van der Waals surface area contributed by atoms with Crippen LogP contribution >= 0.6 is 0 Å². The van der Waals surface area contributed by atoms with Gasteiger partial charge in [0.1, 0.15) is 11.6 Å². The molecular formula is C19H31N5O. The Labute approximate surface area is 151 Å². The first-order valence-electron chi connectivity index (χ1n) is 9.89. The van der Waals surface area contributed by atoms with Crippen LogP contribution < -0.4 is 10.2 Å². The van der Waals surface area contributed by atoms with Crippen LogP contribution in [0.25, 0.3) is 0 Å². The van der Waals surface area contributed by atoms with Gasteiger partial charge in [0, 0.05) is 37.3 Å². The van der Waals surface area contributed by atoms with E-state index in [9.17, 15) is 0 Å². The zero-order valence-corrected chi connectivity index (χ0v) is 15.4. The van der Waals surface area contributed by atoms with Gasteiger partial charge in [-0.3, -0.25) is 0 Å². The van der Waals surface area contributed by atoms with Crippen molar-refractivity contribution >= 4 is 5.82 Å². The summed E-state index contributed by atoms with van der Waals surface area (Å²) >= 11 is 0. The first-order chi connectivity index (χ1) is 12.3. The van der Waals surface area contributed by atoms with E-state index in [1.165, 1.54) is 57.7 Å². The van der Waals surface area contributed by atoms with Crippen LogP contribution in [-0.2, 0) is 4.74 Å². The average molecular weight is 345 g/mol. The maximum Gasteiger partial charge on any atom is 0.132 e. The molecule has 0 radical (unpaired) electrons. The largest absolute Gasteiger partial charge is 0.378 e. The van der Waals surface area contributed by atoms with Gasteiger partial charge in [-0.1, -0.05) is 0 Å². The Morgan fingerprint density at radius 2 is 1.92 bits per heavy atom. The minimum absolute atomic E-state index is 0.583. The number of likely N-dealkylation sites (tertiary alicyclic amines) is 1. The Bertz CT molecular complexity index is 561. The number of aromatic nitrogens is 2. The fourth-order valence-electron chi connectivity index (χ4n) is 4.38. The van der Waals surface area contributed by atoms with Crippen LogP contribution in [0.3, 0.4) is 0 Å². The molecular weight excluding hydrogens is 314 g/mol. The minimum atomic E-state index is 0.583. The van der Waals surface area contributed by atoms with Gasteiger partial charge in [0.2, 0.25) is 0 Å². The molecule has 1 unspecified atom stereocenters. The topological polar surface area (TPSA) is 53.5 Å². The molecule has 1 aromatic rings. The highest BCUT2D eigenvalue weighted by atomic mass is 16.5. The number of nitrogens with zero attached hydrogens (tertiary/aromatic N) is 4. The first-order valence-corrected chi connectivity index (χ1v) is 9.89. The number of piperidine rings is 1. The molecule has 3 aliphatic rings. The van der Waals surface area contributed by atoms with E-state index >= 15 is 0 Å². The summed E-state index contributed by atoms with van der Waals surface area (Å²) in [5.74, 6) is 3.42. The second-order valence-electron chi connectivity index (χ2n) is 7.73. The van der Waals surface area contributed by atoms with Gasteiger partial charge < -0.3 is 19.9 Å². The maximum atomic E-state index is 5.47. The lowest BCUT2D eigenvalue weighted by molar-refractivity contribution is 0.122. The van der Waals surface area contributed by atoms with Gasteiger partial charge in [0.15, 0.2) is 0 Å². The normalized spacial score (nSPS) is 26.3. The van der Waals surface area contributed by atoms with Crippen molar-refractivity contribution in [2.24, 2.45) is 5.92 Å². The molecule has 0 spiro atoms. The van der Waals surface area contributed by atoms with Gasteiger partial charge in [-0.05, 0) is 58.3 Å². The zero-order chi connectivity index (χ0) is 17.1. The summed E-state index contributed by atoms with van der Waals surface area (Å²) < 4.78 is 5.47. The Morgan fingerprint density at radius 1 is 1.12 bits per heavy atom. The third-order valence-electron chi connectivity index (χ3n) is 5.86. The van der Waals surface area contributed by atoms with Crippen molar-refractivity contribution in [3.8, 4) is 0 Å². The Morgan fingerprint density at radius 3 is 2.64 bits per heavy atom. The van der Waals surface area contributed by atoms with Crippen LogP contribution in [0.15, 0.2) is 6.07 Å². The fraction of sp³-hybridized carbons (Fsp3) is 0.789. The first kappa shape index (κ1) is 17.2. The van der Waals surface area contributed by atoms with Crippen molar-refractivity contribution in [3.05, 3.63) is 17.6 Å². The monoisotopic (exact) mass is 345 g/mol. The molecule has 3 fully saturated rings. The second-order valence-corrected chi connectivity index (χ2v) is 7.73. The zero-order valence-electron chi connectivity index (χ0n) is 15.4. The molecule has 1 aromatic heterocycles. The summed E-state index contributed by atoms with van der Waals surface area (Å²) in [5, 5.41) is 3.48. The number of rotatable bonds is 4. The number of anilines is 1. The van der Waals surface area contributed by atoms with E-state index in [4.69, 9.17) is 9.72 Å². The van der Waals surface area contributed by atoms with Crippen LogP contribution in [0, 0.1) is 12.8 Å². The van der Waals surface area contributed by atoms with Gasteiger partial charge in [-0.15, -0.1) is 0 Å². The van der Waals surface area contributed by atoms with Crippen molar-refractivity contribution in [1.29, 1.82) is 0 Å². The predicted molar refractivity (Wildman–Crippen MR) is 99.2 cm³/mol. The number of nitrogens with one attached hydrogen (secondary N) is 1. The lowest BCUT2D eigenvalue weighted by Gasteiger charge is -2.34. The highest BCUT2D eigenvalue weighted by molar-refractivity contribution is 5.41. The fourth-order valence-corrected chi connectivity index (χ4v) is 4.38. The maximum absolute atomic E-state index is 5.47. The molecule has 4 heterocycles. The van der Waals surface area contributed by atoms with Gasteiger partial charge in [0.25, 0.3) is 0 Å². The molecule has 0 aromatic carbocycles. The van der Waals surface area contributed by atoms with Crippen molar-refractivity contribution in [2.45, 2.75) is 32.1 Å². The SMILES string of the molecule is Cc1nc(C2CCN(CC3CCNC3)CC2)cc(N2CCOCC2)n1. The van der Waals surface area contributed by atoms with Crippen molar-refractivity contribution < 1.29 is 4.74 Å². The summed E-state index contributed by atoms with van der Waals surface area (Å²) in [5.41, 5.74) is 1.25. The molecule has 3 aliphatic heterocycles. The minimum Gasteiger partial charge on any atom is -0.378 e. The highest BCUT2D eigenvalue weighted by Gasteiger charge is 2.26. The molecule has 0 aliphatic carbocycles. The molecule has 6 nitrogen and oxygen atoms in total. The van der Waals surface area contributed by atoms with Crippen molar-refractivity contribution in [2.75, 3.05) is 63.9 Å². The lowest BCUT2D eigenvalue weighted by Crippen LogP contribution is -2.38. The second kappa shape index (κ2) is 7.98. The number of ether oxygens (including phenoxy) is 1. The molecule has 0 amide bonds. The summed E-state index contributed by atoms with van der Waals surface area (Å²) in [7, 11) is 0. The predicted octanol–water partition coefficient (Wildman–Crippen LogP) is 1.41. The smallest absolute Gasteiger partial charge is 0.132 e. The number of morpholine rings is 1. The summed E-state index contributed by atoms with van der Waals surface area (Å²) in [6.45, 7) is 11.6. The molecule has 0 saturated carbocycles. The number of hydrogen-bond donors (Lipinski definition) is 1. The third kappa shape index (κ3) is 4.30. The lowest BCUT2D eigenvalue weighted by atomic mass is 9.92. The molecule has 0 bridgehead atoms. The van der Waals surface area contributed by atoms with Crippen molar-refractivity contribution in [3.63, 3.8) is 0 Å². The standard InChI is InChI=1S/C19H31N5O/c1-15-21-18(12-19(22-15)24-8-10-25-11-9-24)17-3-6-23(7-4-17)14-16-2-5-20-13-16/h12,16-17,20H,2-11,13-14H2,1H3. The third-order valence-corrected chi connectivity index (χ3v) is 5.86. The van der Waals surface area contributed by atoms with E-state index in [1.807, 2.05) is 6.92 Å². The average Bonchev–Trinajstić information content (AvgIpc) is 3.16. The summed E-state index contributed by atoms with van der Waals surface area (Å²) in [4.78, 5) is 14.5. The summed E-state index contributed by atoms with van der Waals surface area (Å²) in [6, 6.07) is 2.24. The molecule has 4 rings (SSSR count). The molecule has 25 heavy (non-hydrogen) atoms. The Kier molecular flexibility index (Phi) is 5.48. The van der Waals surface area contributed by atoms with Gasteiger partial charge >= 0.3 is 0 Å². The Balaban J connectivity index is 1.37. The van der Waals surface area contributed by atoms with Gasteiger partial charge in [-0.25, -0.2) is 9.97 Å². The van der Waals surface area contributed by atoms with E-state index in [-0.39, 0.29) is 0 Å². The Hall–Kier alpha value is -1.24. The summed E-state index contributed by atoms with van der Waals surface area (Å²) in [6.07, 6.45) is 3.78. The van der Waals surface area contributed by atoms with E-state index in [0.29, 0.717) is 5.92 Å². The quantitative estimate of drug-likeness (QED) is 0.891. The van der Waals surface area contributed by atoms with E-state index in [2.05, 4.69) is 26.2 Å². The molecule has 138 valence electrons. The molecule has 6 heteroatoms. The van der Waals surface area contributed by atoms with E-state index in [0.717, 1.165) is 43.9 Å². The van der Waals surface area contributed by atoms with E-state index < -0.39 is 0 Å². The van der Waals surface area contributed by atoms with Crippen LogP contribution in [0.4, 0.5) is 5.82 Å². The van der Waals surface area contributed by atoms with Gasteiger partial charge in [-0.2, -0.15) is 0 Å². The van der Waals surface area contributed by atoms with Gasteiger partial charge in [0.05, 0.1) is 13.2 Å². The number of hydrogen-bond acceptors (Lipinski definition) is 6. The van der Waals surface area contributed by atoms with Crippen LogP contribution in [-0.4, -0.2) is 73.9 Å². The molecule has 1 atom stereocenters. The highest BCUT2D eigenvalue weighted by Crippen LogP contribution is 2.29. The number of aryl methyl sites for hydroxylation is 1. The van der Waals surface area contributed by atoms with Crippen LogP contribution in [0.2, 0.25) is 0 Å². The molecule has 1 N–H and O–H groups in total. The van der Waals surface area contributed by atoms with E-state index in [1.54, 1.807) is 0 Å².